The second-order valence-electron chi connectivity index (χ2n) is 12.3. The average molecular weight is 627 g/mol. The molecule has 0 unspecified atom stereocenters. The van der Waals surface area contributed by atoms with E-state index in [1.165, 1.54) is 28.3 Å². The second kappa shape index (κ2) is 12.2. The van der Waals surface area contributed by atoms with Crippen molar-refractivity contribution in [3.63, 3.8) is 0 Å². The van der Waals surface area contributed by atoms with E-state index in [1.54, 1.807) is 0 Å². The lowest BCUT2D eigenvalue weighted by atomic mass is 9.87. The number of nitrogens with zero attached hydrogens (tertiary/aromatic N) is 2. The molecular weight excluding hydrogens is 597 g/mol. The van der Waals surface area contributed by atoms with Crippen LogP contribution in [0.1, 0.15) is 0 Å². The van der Waals surface area contributed by atoms with Crippen LogP contribution in [0.3, 0.4) is 0 Å². The fraction of sp³-hybridized carbons (Fsp3) is 0. The van der Waals surface area contributed by atoms with E-state index in [-0.39, 0.29) is 0 Å². The third-order valence-electron chi connectivity index (χ3n) is 9.22. The number of hydrogen-bond acceptors (Lipinski definition) is 3. The number of rotatable bonds is 6. The number of benzene rings is 7. The molecule has 7 aromatic carbocycles. The van der Waals surface area contributed by atoms with Crippen molar-refractivity contribution in [2.24, 2.45) is 0 Å². The third kappa shape index (κ3) is 5.48. The smallest absolute Gasteiger partial charge is 0.181 e. The second-order valence-corrected chi connectivity index (χ2v) is 12.3. The summed E-state index contributed by atoms with van der Waals surface area (Å²) in [6, 6.07) is 62.3. The summed E-state index contributed by atoms with van der Waals surface area (Å²) in [5.41, 5.74) is 15.0. The SMILES string of the molecule is c1ccc(-c2cc(-c3cccc(-c4ccc5ccccc5c4-c4cccc(-c5ccc6ocnc6c5)c4)c3)cc(-c3ccccc3)n2)cc1. The molecule has 0 aliphatic rings. The first-order valence-corrected chi connectivity index (χ1v) is 16.5. The molecule has 9 aromatic rings. The minimum Gasteiger partial charge on any atom is -0.443 e. The van der Waals surface area contributed by atoms with Crippen LogP contribution in [0, 0.1) is 0 Å². The van der Waals surface area contributed by atoms with E-state index in [2.05, 4.69) is 163 Å². The molecule has 230 valence electrons. The van der Waals surface area contributed by atoms with Crippen LogP contribution < -0.4 is 0 Å². The summed E-state index contributed by atoms with van der Waals surface area (Å²) >= 11 is 0. The highest BCUT2D eigenvalue weighted by Gasteiger charge is 2.15. The Morgan fingerprint density at radius 1 is 0.388 bits per heavy atom. The van der Waals surface area contributed by atoms with Crippen LogP contribution >= 0.6 is 0 Å². The fourth-order valence-electron chi connectivity index (χ4n) is 6.79. The predicted octanol–water partition coefficient (Wildman–Crippen LogP) is 12.4. The quantitative estimate of drug-likeness (QED) is 0.184. The molecule has 0 radical (unpaired) electrons. The molecule has 2 heterocycles. The molecule has 0 aliphatic carbocycles. The summed E-state index contributed by atoms with van der Waals surface area (Å²) in [5.74, 6) is 0. The minimum absolute atomic E-state index is 0.789. The summed E-state index contributed by atoms with van der Waals surface area (Å²) < 4.78 is 5.50. The molecule has 0 N–H and O–H groups in total. The Morgan fingerprint density at radius 3 is 1.73 bits per heavy atom. The number of oxazole rings is 1. The molecule has 0 bridgehead atoms. The molecule has 0 atom stereocenters. The van der Waals surface area contributed by atoms with Crippen molar-refractivity contribution in [2.75, 3.05) is 0 Å². The van der Waals surface area contributed by atoms with Gasteiger partial charge in [0.25, 0.3) is 0 Å². The van der Waals surface area contributed by atoms with E-state index in [1.807, 2.05) is 18.2 Å². The van der Waals surface area contributed by atoms with E-state index in [0.29, 0.717) is 0 Å². The van der Waals surface area contributed by atoms with Crippen molar-refractivity contribution in [2.45, 2.75) is 0 Å². The molecule has 9 rings (SSSR count). The molecule has 0 saturated carbocycles. The Morgan fingerprint density at radius 2 is 0.980 bits per heavy atom. The molecule has 3 nitrogen and oxygen atoms in total. The van der Waals surface area contributed by atoms with Gasteiger partial charge >= 0.3 is 0 Å². The van der Waals surface area contributed by atoms with Crippen molar-refractivity contribution in [3.8, 4) is 67.0 Å². The minimum atomic E-state index is 0.789. The first-order chi connectivity index (χ1) is 24.3. The monoisotopic (exact) mass is 626 g/mol. The normalized spacial score (nSPS) is 11.3. The van der Waals surface area contributed by atoms with Gasteiger partial charge in [0.2, 0.25) is 0 Å². The zero-order valence-corrected chi connectivity index (χ0v) is 26.6. The lowest BCUT2D eigenvalue weighted by Gasteiger charge is -2.16. The average Bonchev–Trinajstić information content (AvgIpc) is 3.66. The summed E-state index contributed by atoms with van der Waals surface area (Å²) in [7, 11) is 0. The highest BCUT2D eigenvalue weighted by atomic mass is 16.3. The lowest BCUT2D eigenvalue weighted by molar-refractivity contribution is 0.602. The largest absolute Gasteiger partial charge is 0.443 e. The van der Waals surface area contributed by atoms with Gasteiger partial charge in [-0.3, -0.25) is 0 Å². The zero-order valence-electron chi connectivity index (χ0n) is 26.6. The fourth-order valence-corrected chi connectivity index (χ4v) is 6.79. The van der Waals surface area contributed by atoms with Gasteiger partial charge in [0.1, 0.15) is 5.52 Å². The van der Waals surface area contributed by atoms with Crippen LogP contribution in [-0.4, -0.2) is 9.97 Å². The molecule has 0 spiro atoms. The Bertz CT molecular complexity index is 2550. The topological polar surface area (TPSA) is 38.9 Å². The molecule has 0 aliphatic heterocycles. The maximum Gasteiger partial charge on any atom is 0.181 e. The van der Waals surface area contributed by atoms with E-state index in [9.17, 15) is 0 Å². The van der Waals surface area contributed by atoms with Crippen molar-refractivity contribution >= 4 is 21.9 Å². The van der Waals surface area contributed by atoms with Gasteiger partial charge in [-0.05, 0) is 91.7 Å². The summed E-state index contributed by atoms with van der Waals surface area (Å²) in [4.78, 5) is 9.49. The van der Waals surface area contributed by atoms with Crippen LogP contribution in [0.4, 0.5) is 0 Å². The van der Waals surface area contributed by atoms with Gasteiger partial charge in [-0.1, -0.05) is 140 Å². The van der Waals surface area contributed by atoms with Crippen molar-refractivity contribution in [1.29, 1.82) is 0 Å². The highest BCUT2D eigenvalue weighted by molar-refractivity contribution is 6.05. The number of aromatic nitrogens is 2. The summed E-state index contributed by atoms with van der Waals surface area (Å²) in [5, 5.41) is 2.43. The maximum absolute atomic E-state index is 5.50. The number of pyridine rings is 1. The van der Waals surface area contributed by atoms with Gasteiger partial charge < -0.3 is 4.42 Å². The number of fused-ring (bicyclic) bond motifs is 2. The summed E-state index contributed by atoms with van der Waals surface area (Å²) in [6.45, 7) is 0. The predicted molar refractivity (Wildman–Crippen MR) is 202 cm³/mol. The van der Waals surface area contributed by atoms with Crippen LogP contribution in [0.25, 0.3) is 88.9 Å². The van der Waals surface area contributed by atoms with E-state index in [4.69, 9.17) is 9.40 Å². The van der Waals surface area contributed by atoms with Crippen molar-refractivity contribution in [1.82, 2.24) is 9.97 Å². The molecule has 2 aromatic heterocycles. The zero-order chi connectivity index (χ0) is 32.6. The van der Waals surface area contributed by atoms with E-state index < -0.39 is 0 Å². The first-order valence-electron chi connectivity index (χ1n) is 16.5. The van der Waals surface area contributed by atoms with Gasteiger partial charge in [0.15, 0.2) is 12.0 Å². The molecule has 49 heavy (non-hydrogen) atoms. The Hall–Kier alpha value is -6.58. The molecule has 0 fully saturated rings. The highest BCUT2D eigenvalue weighted by Crippen LogP contribution is 2.41. The van der Waals surface area contributed by atoms with Crippen LogP contribution in [-0.2, 0) is 0 Å². The molecular formula is C46H30N2O. The Balaban J connectivity index is 1.20. The van der Waals surface area contributed by atoms with Crippen LogP contribution in [0.15, 0.2) is 187 Å². The van der Waals surface area contributed by atoms with Gasteiger partial charge in [-0.25, -0.2) is 9.97 Å². The molecule has 3 heteroatoms. The van der Waals surface area contributed by atoms with Crippen molar-refractivity contribution < 1.29 is 4.42 Å². The van der Waals surface area contributed by atoms with Crippen molar-refractivity contribution in [3.05, 3.63) is 182 Å². The van der Waals surface area contributed by atoms with Crippen LogP contribution in [0.2, 0.25) is 0 Å². The third-order valence-corrected chi connectivity index (χ3v) is 9.22. The van der Waals surface area contributed by atoms with Gasteiger partial charge in [-0.2, -0.15) is 0 Å². The maximum atomic E-state index is 5.50. The van der Waals surface area contributed by atoms with Gasteiger partial charge in [-0.15, -0.1) is 0 Å². The van der Waals surface area contributed by atoms with E-state index in [0.717, 1.165) is 67.0 Å². The lowest BCUT2D eigenvalue weighted by Crippen LogP contribution is -1.92. The first kappa shape index (κ1) is 28.6. The van der Waals surface area contributed by atoms with Gasteiger partial charge in [0, 0.05) is 11.1 Å². The van der Waals surface area contributed by atoms with E-state index >= 15 is 0 Å². The Kier molecular flexibility index (Phi) is 7.14. The van der Waals surface area contributed by atoms with Gasteiger partial charge in [0.05, 0.1) is 11.4 Å². The Labute approximate surface area is 284 Å². The molecule has 0 amide bonds. The standard InChI is InChI=1S/C46H30N2O/c1-3-12-32(13-4-1)42-28-39(29-43(48-42)33-14-5-2-6-15-33)35-17-9-18-37(25-35)41-23-21-31-11-7-8-20-40(31)46(41)38-19-10-16-34(26-38)36-22-24-45-44(27-36)47-30-49-45/h1-30H. The van der Waals surface area contributed by atoms with Crippen LogP contribution in [0.5, 0.6) is 0 Å². The summed E-state index contributed by atoms with van der Waals surface area (Å²) in [6.07, 6.45) is 1.50. The molecule has 0 saturated heterocycles. The number of hydrogen-bond donors (Lipinski definition) is 0.